The molecule has 0 bridgehead atoms. The second-order valence-corrected chi connectivity index (χ2v) is 2.23. The van der Waals surface area contributed by atoms with Crippen LogP contribution in [0, 0.1) is 6.92 Å². The van der Waals surface area contributed by atoms with Gasteiger partial charge in [0.25, 0.3) is 0 Å². The van der Waals surface area contributed by atoms with E-state index in [1.807, 2.05) is 26.8 Å². The molecule has 0 saturated heterocycles. The number of benzene rings is 1. The molecular formula is C10H13FO2. The van der Waals surface area contributed by atoms with Gasteiger partial charge in [0.05, 0.1) is 5.56 Å². The Kier molecular flexibility index (Phi) is 5.52. The van der Waals surface area contributed by atoms with Crippen LogP contribution in [-0.2, 0) is 4.94 Å². The fraction of sp³-hybridized carbons (Fsp3) is 0.300. The van der Waals surface area contributed by atoms with Crippen LogP contribution in [-0.4, -0.2) is 5.97 Å². The van der Waals surface area contributed by atoms with Crippen LogP contribution in [0.4, 0.5) is 4.53 Å². The number of carbonyl (C=O) groups is 1. The van der Waals surface area contributed by atoms with Gasteiger partial charge in [-0.15, -0.1) is 0 Å². The first-order valence-electron chi connectivity index (χ1n) is 4.13. The summed E-state index contributed by atoms with van der Waals surface area (Å²) in [5.74, 6) is -0.950. The molecule has 0 radical (unpaired) electrons. The molecule has 0 amide bonds. The Labute approximate surface area is 77.2 Å². The Morgan fingerprint density at radius 3 is 2.46 bits per heavy atom. The molecule has 0 aliphatic carbocycles. The number of rotatable bonds is 1. The normalized spacial score (nSPS) is 8.31. The third-order valence-corrected chi connectivity index (χ3v) is 1.32. The maximum Gasteiger partial charge on any atom is 0.379 e. The molecule has 72 valence electrons. The van der Waals surface area contributed by atoms with Gasteiger partial charge in [0, 0.05) is 4.53 Å². The molecule has 0 aliphatic heterocycles. The van der Waals surface area contributed by atoms with Crippen LogP contribution in [0.5, 0.6) is 0 Å². The van der Waals surface area contributed by atoms with Crippen molar-refractivity contribution in [2.45, 2.75) is 20.8 Å². The van der Waals surface area contributed by atoms with Crippen molar-refractivity contribution in [1.29, 1.82) is 0 Å². The Hall–Kier alpha value is -1.38. The van der Waals surface area contributed by atoms with E-state index in [0.29, 0.717) is 0 Å². The summed E-state index contributed by atoms with van der Waals surface area (Å²) < 4.78 is 11.4. The number of hydrogen-bond acceptors (Lipinski definition) is 2. The van der Waals surface area contributed by atoms with Crippen LogP contribution in [0.15, 0.2) is 24.3 Å². The van der Waals surface area contributed by atoms with E-state index in [-0.39, 0.29) is 5.56 Å². The molecule has 1 rings (SSSR count). The summed E-state index contributed by atoms with van der Waals surface area (Å²) >= 11 is 0. The first-order valence-corrected chi connectivity index (χ1v) is 4.13. The zero-order valence-corrected chi connectivity index (χ0v) is 8.00. The molecule has 0 saturated carbocycles. The van der Waals surface area contributed by atoms with Crippen LogP contribution >= 0.6 is 0 Å². The topological polar surface area (TPSA) is 26.3 Å². The summed E-state index contributed by atoms with van der Waals surface area (Å²) in [6.07, 6.45) is 0. The van der Waals surface area contributed by atoms with Crippen LogP contribution in [0.3, 0.4) is 0 Å². The molecule has 2 nitrogen and oxygen atoms in total. The van der Waals surface area contributed by atoms with Crippen LogP contribution < -0.4 is 0 Å². The standard InChI is InChI=1S/C8H7FO2.C2H6/c1-6-3-2-4-7(5-6)8(10)11-9;1-2/h2-5H,1H3;1-2H3. The average Bonchev–Trinajstić information content (AvgIpc) is 2.20. The molecule has 1 aromatic rings. The van der Waals surface area contributed by atoms with Crippen molar-refractivity contribution >= 4 is 5.97 Å². The van der Waals surface area contributed by atoms with E-state index in [9.17, 15) is 9.32 Å². The summed E-state index contributed by atoms with van der Waals surface area (Å²) in [4.78, 5) is 13.6. The second-order valence-electron chi connectivity index (χ2n) is 2.23. The minimum Gasteiger partial charge on any atom is -0.249 e. The molecule has 1 aromatic carbocycles. The maximum absolute atomic E-state index is 11.4. The maximum atomic E-state index is 11.4. The van der Waals surface area contributed by atoms with Gasteiger partial charge in [0.15, 0.2) is 0 Å². The Morgan fingerprint density at radius 2 is 2.00 bits per heavy atom. The fourth-order valence-electron chi connectivity index (χ4n) is 0.817. The van der Waals surface area contributed by atoms with Crippen molar-refractivity contribution in [1.82, 2.24) is 0 Å². The van der Waals surface area contributed by atoms with Crippen molar-refractivity contribution in [2.75, 3.05) is 0 Å². The number of halogens is 1. The first-order chi connectivity index (χ1) is 6.24. The highest BCUT2D eigenvalue weighted by molar-refractivity contribution is 5.89. The summed E-state index contributed by atoms with van der Waals surface area (Å²) in [5.41, 5.74) is 1.13. The smallest absolute Gasteiger partial charge is 0.249 e. The van der Waals surface area contributed by atoms with Crippen LogP contribution in [0.1, 0.15) is 29.8 Å². The molecule has 0 atom stereocenters. The van der Waals surface area contributed by atoms with Gasteiger partial charge in [-0.25, -0.2) is 9.74 Å². The second kappa shape index (κ2) is 6.17. The molecule has 3 heteroatoms. The van der Waals surface area contributed by atoms with Gasteiger partial charge in [-0.05, 0) is 19.1 Å². The molecule has 0 N–H and O–H groups in total. The van der Waals surface area contributed by atoms with Gasteiger partial charge in [-0.2, -0.15) is 0 Å². The van der Waals surface area contributed by atoms with E-state index in [4.69, 9.17) is 0 Å². The van der Waals surface area contributed by atoms with Crippen molar-refractivity contribution in [2.24, 2.45) is 0 Å². The van der Waals surface area contributed by atoms with E-state index in [1.165, 1.54) is 6.07 Å². The highest BCUT2D eigenvalue weighted by Gasteiger charge is 2.05. The lowest BCUT2D eigenvalue weighted by molar-refractivity contribution is -0.0788. The summed E-state index contributed by atoms with van der Waals surface area (Å²) in [5, 5.41) is 0. The number of carbonyl (C=O) groups excluding carboxylic acids is 1. The van der Waals surface area contributed by atoms with Gasteiger partial charge >= 0.3 is 5.97 Å². The van der Waals surface area contributed by atoms with E-state index in [1.54, 1.807) is 12.1 Å². The van der Waals surface area contributed by atoms with Gasteiger partial charge in [-0.1, -0.05) is 31.5 Å². The number of hydrogen-bond donors (Lipinski definition) is 0. The molecule has 0 fully saturated rings. The number of aryl methyl sites for hydroxylation is 1. The largest absolute Gasteiger partial charge is 0.379 e. The Balaban J connectivity index is 0.000000671. The first kappa shape index (κ1) is 11.6. The highest BCUT2D eigenvalue weighted by Crippen LogP contribution is 2.05. The zero-order chi connectivity index (χ0) is 10.3. The Morgan fingerprint density at radius 1 is 1.38 bits per heavy atom. The molecular weight excluding hydrogens is 171 g/mol. The quantitative estimate of drug-likeness (QED) is 0.670. The third kappa shape index (κ3) is 3.69. The predicted octanol–water partition coefficient (Wildman–Crippen LogP) is 3.06. The average molecular weight is 184 g/mol. The molecule has 0 aromatic heterocycles. The Bertz CT molecular complexity index is 271. The van der Waals surface area contributed by atoms with E-state index >= 15 is 0 Å². The van der Waals surface area contributed by atoms with E-state index in [0.717, 1.165) is 5.56 Å². The molecule has 0 spiro atoms. The highest BCUT2D eigenvalue weighted by atomic mass is 19.3. The summed E-state index contributed by atoms with van der Waals surface area (Å²) in [6.45, 7) is 5.81. The van der Waals surface area contributed by atoms with E-state index in [2.05, 4.69) is 4.94 Å². The van der Waals surface area contributed by atoms with Gasteiger partial charge in [0.1, 0.15) is 0 Å². The molecule has 0 heterocycles. The SMILES string of the molecule is CC.Cc1cccc(C(=O)OF)c1. The van der Waals surface area contributed by atoms with E-state index < -0.39 is 5.97 Å². The third-order valence-electron chi connectivity index (χ3n) is 1.32. The van der Waals surface area contributed by atoms with Crippen LogP contribution in [0.25, 0.3) is 0 Å². The molecule has 0 unspecified atom stereocenters. The monoisotopic (exact) mass is 184 g/mol. The molecule has 13 heavy (non-hydrogen) atoms. The summed E-state index contributed by atoms with van der Waals surface area (Å²) in [6, 6.07) is 6.54. The van der Waals surface area contributed by atoms with Gasteiger partial charge in [-0.3, -0.25) is 0 Å². The van der Waals surface area contributed by atoms with Gasteiger partial charge < -0.3 is 0 Å². The summed E-state index contributed by atoms with van der Waals surface area (Å²) in [7, 11) is 0. The van der Waals surface area contributed by atoms with Crippen molar-refractivity contribution < 1.29 is 14.3 Å². The van der Waals surface area contributed by atoms with Crippen molar-refractivity contribution in [3.05, 3.63) is 35.4 Å². The lowest BCUT2D eigenvalue weighted by Gasteiger charge is -1.95. The minimum absolute atomic E-state index is 0.229. The zero-order valence-electron chi connectivity index (χ0n) is 8.00. The van der Waals surface area contributed by atoms with Crippen LogP contribution in [0.2, 0.25) is 0 Å². The molecule has 0 aliphatic rings. The predicted molar refractivity (Wildman–Crippen MR) is 49.1 cm³/mol. The van der Waals surface area contributed by atoms with Gasteiger partial charge in [0.2, 0.25) is 0 Å². The minimum atomic E-state index is -0.950. The van der Waals surface area contributed by atoms with Crippen molar-refractivity contribution in [3.8, 4) is 0 Å². The lowest BCUT2D eigenvalue weighted by atomic mass is 10.1. The fourth-order valence-corrected chi connectivity index (χ4v) is 0.817. The van der Waals surface area contributed by atoms with Crippen molar-refractivity contribution in [3.63, 3.8) is 0 Å². The lowest BCUT2D eigenvalue weighted by Crippen LogP contribution is -1.97.